The van der Waals surface area contributed by atoms with Crippen molar-refractivity contribution in [1.29, 1.82) is 0 Å². The molecule has 1 fully saturated rings. The lowest BCUT2D eigenvalue weighted by Crippen LogP contribution is -2.35. The van der Waals surface area contributed by atoms with E-state index in [1.54, 1.807) is 30.3 Å². The molecule has 3 rings (SSSR count). The maximum Gasteiger partial charge on any atom is 0.258 e. The number of carbonyl (C=O) groups excluding carboxylic acids is 2. The van der Waals surface area contributed by atoms with E-state index in [0.29, 0.717) is 16.2 Å². The lowest BCUT2D eigenvalue weighted by molar-refractivity contribution is -0.125. The highest BCUT2D eigenvalue weighted by atomic mass is 35.5. The van der Waals surface area contributed by atoms with Crippen LogP contribution in [-0.4, -0.2) is 11.8 Å². The monoisotopic (exact) mass is 383 g/mol. The average molecular weight is 384 g/mol. The molecule has 1 aliphatic rings. The minimum absolute atomic E-state index is 0.146. The van der Waals surface area contributed by atoms with Gasteiger partial charge in [-0.3, -0.25) is 14.9 Å². The summed E-state index contributed by atoms with van der Waals surface area (Å²) in [5.41, 5.74) is 1.93. The van der Waals surface area contributed by atoms with Crippen molar-refractivity contribution in [3.8, 4) is 0 Å². The van der Waals surface area contributed by atoms with E-state index >= 15 is 0 Å². The van der Waals surface area contributed by atoms with E-state index in [4.69, 9.17) is 11.6 Å². The third-order valence-electron chi connectivity index (χ3n) is 4.70. The van der Waals surface area contributed by atoms with Gasteiger partial charge in [-0.15, -0.1) is 0 Å². The van der Waals surface area contributed by atoms with Crippen LogP contribution in [0.3, 0.4) is 0 Å². The lowest BCUT2D eigenvalue weighted by Gasteiger charge is -2.26. The standard InChI is InChI=1S/C22H19ClFNO2/c1-14(16-3-2-4-16)21(26)25-22(27)20(17-7-11-19(24)12-8-17)13-15-5-9-18(23)10-6-15/h5-13,16H,1-4H2,(H,25,26,27)/b20-13+. The zero-order valence-electron chi connectivity index (χ0n) is 14.7. The Bertz CT molecular complexity index is 897. The highest BCUT2D eigenvalue weighted by Gasteiger charge is 2.26. The van der Waals surface area contributed by atoms with Gasteiger partial charge < -0.3 is 0 Å². The van der Waals surface area contributed by atoms with Gasteiger partial charge in [0, 0.05) is 16.2 Å². The second-order valence-corrected chi connectivity index (χ2v) is 6.99. The molecule has 0 heterocycles. The highest BCUT2D eigenvalue weighted by molar-refractivity contribution is 6.31. The third kappa shape index (κ3) is 4.72. The van der Waals surface area contributed by atoms with Gasteiger partial charge in [-0.25, -0.2) is 4.39 Å². The number of hydrogen-bond acceptors (Lipinski definition) is 2. The minimum Gasteiger partial charge on any atom is -0.288 e. The molecule has 1 aliphatic carbocycles. The average Bonchev–Trinajstić information content (AvgIpc) is 2.60. The van der Waals surface area contributed by atoms with Crippen molar-refractivity contribution >= 4 is 35.1 Å². The summed E-state index contributed by atoms with van der Waals surface area (Å²) in [5.74, 6) is -1.28. The molecule has 2 amide bonds. The number of halogens is 2. The van der Waals surface area contributed by atoms with Crippen molar-refractivity contribution in [3.05, 3.63) is 82.6 Å². The molecule has 0 spiro atoms. The largest absolute Gasteiger partial charge is 0.288 e. The number of carbonyl (C=O) groups is 2. The molecule has 27 heavy (non-hydrogen) atoms. The van der Waals surface area contributed by atoms with Crippen molar-refractivity contribution < 1.29 is 14.0 Å². The number of nitrogens with one attached hydrogen (secondary N) is 1. The predicted molar refractivity (Wildman–Crippen MR) is 105 cm³/mol. The van der Waals surface area contributed by atoms with Crippen molar-refractivity contribution in [1.82, 2.24) is 5.32 Å². The Labute approximate surface area is 162 Å². The van der Waals surface area contributed by atoms with Crippen molar-refractivity contribution in [2.45, 2.75) is 19.3 Å². The van der Waals surface area contributed by atoms with Crippen LogP contribution >= 0.6 is 11.6 Å². The molecule has 0 saturated heterocycles. The van der Waals surface area contributed by atoms with E-state index in [9.17, 15) is 14.0 Å². The van der Waals surface area contributed by atoms with Crippen molar-refractivity contribution in [2.75, 3.05) is 0 Å². The van der Waals surface area contributed by atoms with Crippen LogP contribution in [0.2, 0.25) is 5.02 Å². The van der Waals surface area contributed by atoms with E-state index in [1.165, 1.54) is 24.3 Å². The lowest BCUT2D eigenvalue weighted by atomic mass is 9.80. The summed E-state index contributed by atoms with van der Waals surface area (Å²) in [7, 11) is 0. The number of hydrogen-bond donors (Lipinski definition) is 1. The Kier molecular flexibility index (Phi) is 5.87. The van der Waals surface area contributed by atoms with Crippen LogP contribution in [0.1, 0.15) is 30.4 Å². The van der Waals surface area contributed by atoms with E-state index < -0.39 is 17.6 Å². The molecule has 0 radical (unpaired) electrons. The summed E-state index contributed by atoms with van der Waals surface area (Å²) < 4.78 is 13.3. The van der Waals surface area contributed by atoms with Crippen LogP contribution in [0.4, 0.5) is 4.39 Å². The molecule has 138 valence electrons. The Balaban J connectivity index is 1.87. The van der Waals surface area contributed by atoms with Gasteiger partial charge in [0.25, 0.3) is 11.8 Å². The Morgan fingerprint density at radius 1 is 1.04 bits per heavy atom. The normalized spacial score (nSPS) is 14.4. The fourth-order valence-electron chi connectivity index (χ4n) is 2.83. The second kappa shape index (κ2) is 8.31. The SMILES string of the molecule is C=C(C(=O)NC(=O)/C(=C/c1ccc(Cl)cc1)c1ccc(F)cc1)C1CCC1. The molecule has 0 bridgehead atoms. The first-order valence-corrected chi connectivity index (χ1v) is 9.09. The maximum atomic E-state index is 13.3. The van der Waals surface area contributed by atoms with Gasteiger partial charge in [0.05, 0.1) is 0 Å². The predicted octanol–water partition coefficient (Wildman–Crippen LogP) is 5.02. The number of imide groups is 1. The first-order chi connectivity index (χ1) is 12.9. The zero-order chi connectivity index (χ0) is 19.4. The molecule has 1 N–H and O–H groups in total. The molecule has 3 nitrogen and oxygen atoms in total. The van der Waals surface area contributed by atoms with Gasteiger partial charge in [0.1, 0.15) is 5.82 Å². The van der Waals surface area contributed by atoms with Crippen LogP contribution in [-0.2, 0) is 9.59 Å². The summed E-state index contributed by atoms with van der Waals surface area (Å²) in [6.07, 6.45) is 4.55. The summed E-state index contributed by atoms with van der Waals surface area (Å²) in [6.45, 7) is 3.82. The second-order valence-electron chi connectivity index (χ2n) is 6.55. The topological polar surface area (TPSA) is 46.2 Å². The maximum absolute atomic E-state index is 13.3. The first-order valence-electron chi connectivity index (χ1n) is 8.72. The number of benzene rings is 2. The van der Waals surface area contributed by atoms with Crippen LogP contribution in [0.25, 0.3) is 11.6 Å². The summed E-state index contributed by atoms with van der Waals surface area (Å²) in [6, 6.07) is 12.5. The Morgan fingerprint density at radius 3 is 2.22 bits per heavy atom. The zero-order valence-corrected chi connectivity index (χ0v) is 15.4. The molecule has 1 saturated carbocycles. The van der Waals surface area contributed by atoms with Gasteiger partial charge in [-0.2, -0.15) is 0 Å². The van der Waals surface area contributed by atoms with Gasteiger partial charge in [-0.1, -0.05) is 48.9 Å². The fraction of sp³-hybridized carbons (Fsp3) is 0.182. The molecular weight excluding hydrogens is 365 g/mol. The summed E-state index contributed by atoms with van der Waals surface area (Å²) >= 11 is 5.90. The van der Waals surface area contributed by atoms with Gasteiger partial charge in [0.15, 0.2) is 0 Å². The van der Waals surface area contributed by atoms with Crippen LogP contribution in [0, 0.1) is 11.7 Å². The van der Waals surface area contributed by atoms with Gasteiger partial charge in [0.2, 0.25) is 0 Å². The molecular formula is C22H19ClFNO2. The molecule has 0 aromatic heterocycles. The third-order valence-corrected chi connectivity index (χ3v) is 4.95. The Morgan fingerprint density at radius 2 is 1.67 bits per heavy atom. The molecule has 0 aliphatic heterocycles. The number of amides is 2. The van der Waals surface area contributed by atoms with Crippen LogP contribution < -0.4 is 5.32 Å². The minimum atomic E-state index is -0.554. The molecule has 5 heteroatoms. The van der Waals surface area contributed by atoms with E-state index in [2.05, 4.69) is 11.9 Å². The molecule has 0 unspecified atom stereocenters. The van der Waals surface area contributed by atoms with E-state index in [0.717, 1.165) is 24.8 Å². The van der Waals surface area contributed by atoms with E-state index in [-0.39, 0.29) is 11.5 Å². The Hall–Kier alpha value is -2.72. The molecule has 2 aromatic carbocycles. The van der Waals surface area contributed by atoms with Gasteiger partial charge >= 0.3 is 0 Å². The first kappa shape index (κ1) is 19.1. The van der Waals surface area contributed by atoms with E-state index in [1.807, 2.05) is 0 Å². The van der Waals surface area contributed by atoms with Crippen molar-refractivity contribution in [3.63, 3.8) is 0 Å². The fourth-order valence-corrected chi connectivity index (χ4v) is 2.95. The van der Waals surface area contributed by atoms with Crippen LogP contribution in [0.5, 0.6) is 0 Å². The van der Waals surface area contributed by atoms with Crippen molar-refractivity contribution in [2.24, 2.45) is 5.92 Å². The smallest absolute Gasteiger partial charge is 0.258 e. The summed E-state index contributed by atoms with van der Waals surface area (Å²) in [5, 5.41) is 2.98. The molecule has 0 atom stereocenters. The quantitative estimate of drug-likeness (QED) is 0.582. The summed E-state index contributed by atoms with van der Waals surface area (Å²) in [4.78, 5) is 25.1. The number of rotatable bonds is 5. The molecule has 2 aromatic rings. The van der Waals surface area contributed by atoms with Gasteiger partial charge in [-0.05, 0) is 60.2 Å². The highest BCUT2D eigenvalue weighted by Crippen LogP contribution is 2.32. The van der Waals surface area contributed by atoms with Crippen LogP contribution in [0.15, 0.2) is 60.7 Å².